The van der Waals surface area contributed by atoms with Crippen LogP contribution in [0.15, 0.2) is 22.7 Å². The van der Waals surface area contributed by atoms with Crippen LogP contribution in [0.5, 0.6) is 0 Å². The Balaban J connectivity index is 1.75. The van der Waals surface area contributed by atoms with Gasteiger partial charge in [-0.05, 0) is 42.5 Å². The van der Waals surface area contributed by atoms with E-state index in [2.05, 4.69) is 34.1 Å². The molecule has 1 atom stereocenters. The molecule has 1 amide bonds. The number of hydrogen-bond donors (Lipinski definition) is 0. The van der Waals surface area contributed by atoms with E-state index in [1.165, 1.54) is 11.1 Å². The number of fused-ring (bicyclic) bond motifs is 1. The molecule has 3 rings (SSSR count). The molecule has 2 aliphatic rings. The molecule has 2 heterocycles. The lowest BCUT2D eigenvalue weighted by Gasteiger charge is -2.30. The molecule has 4 heteroatoms. The van der Waals surface area contributed by atoms with Crippen molar-refractivity contribution in [3.05, 3.63) is 33.8 Å². The molecule has 0 bridgehead atoms. The Morgan fingerprint density at radius 2 is 2.28 bits per heavy atom. The van der Waals surface area contributed by atoms with E-state index in [0.717, 1.165) is 36.9 Å². The number of nitrogens with zero attached hydrogens (tertiary/aromatic N) is 1. The predicted molar refractivity (Wildman–Crippen MR) is 72.2 cm³/mol. The molecule has 2 aliphatic heterocycles. The maximum absolute atomic E-state index is 12.3. The van der Waals surface area contributed by atoms with Crippen molar-refractivity contribution in [1.82, 2.24) is 4.90 Å². The van der Waals surface area contributed by atoms with E-state index < -0.39 is 0 Å². The first kappa shape index (κ1) is 12.2. The third kappa shape index (κ3) is 2.31. The molecule has 0 spiro atoms. The smallest absolute Gasteiger partial charge is 0.252 e. The summed E-state index contributed by atoms with van der Waals surface area (Å²) in [5.41, 5.74) is 2.61. The fourth-order valence-corrected chi connectivity index (χ4v) is 3.10. The van der Waals surface area contributed by atoms with Crippen LogP contribution in [0.4, 0.5) is 0 Å². The summed E-state index contributed by atoms with van der Waals surface area (Å²) in [7, 11) is 0. The third-order valence-corrected chi connectivity index (χ3v) is 4.19. The molecule has 18 heavy (non-hydrogen) atoms. The molecule has 1 aromatic carbocycles. The van der Waals surface area contributed by atoms with E-state index in [4.69, 9.17) is 4.74 Å². The van der Waals surface area contributed by atoms with Gasteiger partial charge in [-0.25, -0.2) is 0 Å². The molecular formula is C14H16BrNO2. The summed E-state index contributed by atoms with van der Waals surface area (Å²) in [4.78, 5) is 14.2. The number of rotatable bonds is 1. The molecule has 1 fully saturated rings. The molecule has 0 aromatic heterocycles. The van der Waals surface area contributed by atoms with E-state index in [9.17, 15) is 4.79 Å². The number of benzene rings is 1. The second-order valence-electron chi connectivity index (χ2n) is 4.92. The van der Waals surface area contributed by atoms with Crippen LogP contribution < -0.4 is 0 Å². The minimum Gasteiger partial charge on any atom is -0.368 e. The number of carbonyl (C=O) groups is 1. The van der Waals surface area contributed by atoms with Crippen LogP contribution in [0.1, 0.15) is 24.0 Å². The van der Waals surface area contributed by atoms with Gasteiger partial charge >= 0.3 is 0 Å². The highest BCUT2D eigenvalue weighted by molar-refractivity contribution is 9.10. The highest BCUT2D eigenvalue weighted by atomic mass is 79.9. The fourth-order valence-electron chi connectivity index (χ4n) is 2.69. The number of carbonyl (C=O) groups excluding carboxylic acids is 1. The van der Waals surface area contributed by atoms with Gasteiger partial charge < -0.3 is 9.64 Å². The summed E-state index contributed by atoms with van der Waals surface area (Å²) in [6.07, 6.45) is 2.63. The Morgan fingerprint density at radius 1 is 1.39 bits per heavy atom. The normalized spacial score (nSPS) is 22.9. The monoisotopic (exact) mass is 309 g/mol. The highest BCUT2D eigenvalue weighted by Gasteiger charge is 2.30. The minimum absolute atomic E-state index is 0.165. The van der Waals surface area contributed by atoms with Gasteiger partial charge in [0, 0.05) is 24.2 Å². The fraction of sp³-hybridized carbons (Fsp3) is 0.500. The van der Waals surface area contributed by atoms with Gasteiger partial charge in [-0.3, -0.25) is 4.79 Å². The van der Waals surface area contributed by atoms with Crippen molar-refractivity contribution in [3.63, 3.8) is 0 Å². The Bertz CT molecular complexity index is 469. The van der Waals surface area contributed by atoms with Gasteiger partial charge in [-0.2, -0.15) is 0 Å². The van der Waals surface area contributed by atoms with Gasteiger partial charge in [-0.15, -0.1) is 0 Å². The van der Waals surface area contributed by atoms with E-state index >= 15 is 0 Å². The second kappa shape index (κ2) is 5.02. The molecule has 0 N–H and O–H groups in total. The number of ether oxygens (including phenoxy) is 1. The van der Waals surface area contributed by atoms with E-state index in [0.29, 0.717) is 6.54 Å². The highest BCUT2D eigenvalue weighted by Crippen LogP contribution is 2.24. The molecule has 1 saturated heterocycles. The summed E-state index contributed by atoms with van der Waals surface area (Å²) in [5.74, 6) is 0.165. The first-order valence-electron chi connectivity index (χ1n) is 6.42. The predicted octanol–water partition coefficient (Wildman–Crippen LogP) is 2.51. The van der Waals surface area contributed by atoms with Gasteiger partial charge in [0.15, 0.2) is 0 Å². The van der Waals surface area contributed by atoms with E-state index in [-0.39, 0.29) is 12.0 Å². The summed E-state index contributed by atoms with van der Waals surface area (Å²) in [6, 6.07) is 6.33. The molecule has 96 valence electrons. The van der Waals surface area contributed by atoms with Gasteiger partial charge in [0.2, 0.25) is 0 Å². The molecule has 0 saturated carbocycles. The van der Waals surface area contributed by atoms with E-state index in [1.807, 2.05) is 4.90 Å². The van der Waals surface area contributed by atoms with Crippen LogP contribution in [0.25, 0.3) is 0 Å². The maximum Gasteiger partial charge on any atom is 0.252 e. The van der Waals surface area contributed by atoms with Crippen molar-refractivity contribution in [2.75, 3.05) is 13.2 Å². The molecule has 0 radical (unpaired) electrons. The van der Waals surface area contributed by atoms with Gasteiger partial charge in [-0.1, -0.05) is 22.0 Å². The van der Waals surface area contributed by atoms with Crippen LogP contribution in [0.3, 0.4) is 0 Å². The van der Waals surface area contributed by atoms with Gasteiger partial charge in [0.25, 0.3) is 5.91 Å². The average Bonchev–Trinajstić information content (AvgIpc) is 2.90. The molecule has 0 unspecified atom stereocenters. The Morgan fingerprint density at radius 3 is 3.06 bits per heavy atom. The first-order valence-corrected chi connectivity index (χ1v) is 7.21. The van der Waals surface area contributed by atoms with Crippen LogP contribution in [0, 0.1) is 0 Å². The molecule has 1 aromatic rings. The SMILES string of the molecule is O=C([C@H]1CCCO1)N1CCc2ccc(Br)cc2C1. The van der Waals surface area contributed by atoms with Gasteiger partial charge in [0.1, 0.15) is 6.10 Å². The third-order valence-electron chi connectivity index (χ3n) is 3.70. The van der Waals surface area contributed by atoms with Crippen LogP contribution in [0.2, 0.25) is 0 Å². The summed E-state index contributed by atoms with van der Waals surface area (Å²) in [6.45, 7) is 2.26. The topological polar surface area (TPSA) is 29.5 Å². The maximum atomic E-state index is 12.3. The Labute approximate surface area is 115 Å². The lowest BCUT2D eigenvalue weighted by Crippen LogP contribution is -2.41. The molecule has 0 aliphatic carbocycles. The lowest BCUT2D eigenvalue weighted by molar-refractivity contribution is -0.141. The standard InChI is InChI=1S/C14H16BrNO2/c15-12-4-3-10-5-6-16(9-11(10)8-12)14(17)13-2-1-7-18-13/h3-4,8,13H,1-2,5-7,9H2/t13-/m1/s1. The van der Waals surface area contributed by atoms with Crippen molar-refractivity contribution in [2.24, 2.45) is 0 Å². The summed E-state index contributed by atoms with van der Waals surface area (Å²) >= 11 is 3.49. The van der Waals surface area contributed by atoms with Crippen molar-refractivity contribution in [3.8, 4) is 0 Å². The van der Waals surface area contributed by atoms with Crippen LogP contribution >= 0.6 is 15.9 Å². The number of halogens is 1. The van der Waals surface area contributed by atoms with Crippen molar-refractivity contribution in [2.45, 2.75) is 31.9 Å². The van der Waals surface area contributed by atoms with Gasteiger partial charge in [0.05, 0.1) is 0 Å². The lowest BCUT2D eigenvalue weighted by atomic mass is 9.99. The number of amides is 1. The zero-order valence-electron chi connectivity index (χ0n) is 10.2. The van der Waals surface area contributed by atoms with E-state index in [1.54, 1.807) is 0 Å². The summed E-state index contributed by atoms with van der Waals surface area (Å²) in [5, 5.41) is 0. The quantitative estimate of drug-likeness (QED) is 0.798. The van der Waals surface area contributed by atoms with Crippen molar-refractivity contribution >= 4 is 21.8 Å². The zero-order chi connectivity index (χ0) is 12.5. The minimum atomic E-state index is -0.196. The largest absolute Gasteiger partial charge is 0.368 e. The Hall–Kier alpha value is -0.870. The van der Waals surface area contributed by atoms with Crippen LogP contribution in [-0.2, 0) is 22.5 Å². The zero-order valence-corrected chi connectivity index (χ0v) is 11.8. The Kier molecular flexibility index (Phi) is 3.39. The summed E-state index contributed by atoms with van der Waals surface area (Å²) < 4.78 is 6.56. The number of hydrogen-bond acceptors (Lipinski definition) is 2. The molecular weight excluding hydrogens is 294 g/mol. The van der Waals surface area contributed by atoms with Crippen molar-refractivity contribution < 1.29 is 9.53 Å². The van der Waals surface area contributed by atoms with Crippen LogP contribution in [-0.4, -0.2) is 30.1 Å². The average molecular weight is 310 g/mol. The second-order valence-corrected chi connectivity index (χ2v) is 5.84. The van der Waals surface area contributed by atoms with Crippen molar-refractivity contribution in [1.29, 1.82) is 0 Å². The molecule has 3 nitrogen and oxygen atoms in total. The first-order chi connectivity index (χ1) is 8.74.